The van der Waals surface area contributed by atoms with Gasteiger partial charge in [-0.05, 0) is 24.8 Å². The number of allylic oxidation sites excluding steroid dienone is 2. The van der Waals surface area contributed by atoms with Gasteiger partial charge in [0.15, 0.2) is 10.9 Å². The highest BCUT2D eigenvalue weighted by Crippen LogP contribution is 2.43. The molecule has 4 rings (SSSR count). The van der Waals surface area contributed by atoms with Gasteiger partial charge in [-0.3, -0.25) is 19.7 Å². The minimum absolute atomic E-state index is 0.00316. The predicted molar refractivity (Wildman–Crippen MR) is 110 cm³/mol. The SMILES string of the molecule is CCCSc1nc2c(c(=O)[nH]1)[C@@H](c1ccc([N+](=O)[O-])cc1)C1=C(CCCC1=O)N2. The van der Waals surface area contributed by atoms with E-state index >= 15 is 0 Å². The first-order chi connectivity index (χ1) is 14.0. The first kappa shape index (κ1) is 19.4. The number of aromatic nitrogens is 2. The Balaban J connectivity index is 1.87. The van der Waals surface area contributed by atoms with Crippen LogP contribution in [-0.4, -0.2) is 26.4 Å². The number of non-ortho nitro benzene ring substituents is 1. The summed E-state index contributed by atoms with van der Waals surface area (Å²) >= 11 is 1.47. The van der Waals surface area contributed by atoms with Crippen LogP contribution >= 0.6 is 11.8 Å². The quantitative estimate of drug-likeness (QED) is 0.332. The molecule has 2 heterocycles. The summed E-state index contributed by atoms with van der Waals surface area (Å²) in [6, 6.07) is 6.03. The van der Waals surface area contributed by atoms with Gasteiger partial charge in [-0.2, -0.15) is 0 Å². The number of benzene rings is 1. The number of hydrogen-bond donors (Lipinski definition) is 2. The number of H-pyrrole nitrogens is 1. The minimum atomic E-state index is -0.587. The number of nitrogens with one attached hydrogen (secondary N) is 2. The molecule has 1 aromatic heterocycles. The molecule has 9 heteroatoms. The average molecular weight is 412 g/mol. The van der Waals surface area contributed by atoms with E-state index in [9.17, 15) is 19.7 Å². The second-order valence-corrected chi connectivity index (χ2v) is 8.14. The summed E-state index contributed by atoms with van der Waals surface area (Å²) in [6.45, 7) is 2.05. The number of Topliss-reactive ketones (excluding diaryl/α,β-unsaturated/α-hetero) is 1. The molecule has 0 amide bonds. The molecule has 29 heavy (non-hydrogen) atoms. The van der Waals surface area contributed by atoms with Crippen LogP contribution in [0.2, 0.25) is 0 Å². The van der Waals surface area contributed by atoms with Crippen LogP contribution in [0.4, 0.5) is 11.5 Å². The fourth-order valence-electron chi connectivity index (χ4n) is 3.83. The third-order valence-corrected chi connectivity index (χ3v) is 6.20. The monoisotopic (exact) mass is 412 g/mol. The maximum absolute atomic E-state index is 13.0. The summed E-state index contributed by atoms with van der Waals surface area (Å²) in [5, 5.41) is 14.8. The molecule has 1 aliphatic heterocycles. The Bertz CT molecular complexity index is 1070. The first-order valence-corrected chi connectivity index (χ1v) is 10.5. The Morgan fingerprint density at radius 2 is 2.00 bits per heavy atom. The summed E-state index contributed by atoms with van der Waals surface area (Å²) in [7, 11) is 0. The molecule has 2 aliphatic rings. The van der Waals surface area contributed by atoms with E-state index in [-0.39, 0.29) is 17.0 Å². The number of rotatable bonds is 5. The number of aromatic amines is 1. The molecule has 2 aromatic rings. The van der Waals surface area contributed by atoms with Crippen molar-refractivity contribution in [2.75, 3.05) is 11.1 Å². The van der Waals surface area contributed by atoms with Gasteiger partial charge in [0.05, 0.1) is 10.5 Å². The number of carbonyl (C=O) groups is 1. The van der Waals surface area contributed by atoms with Gasteiger partial charge in [-0.25, -0.2) is 4.98 Å². The number of hydrogen-bond acceptors (Lipinski definition) is 7. The molecule has 1 aromatic carbocycles. The van der Waals surface area contributed by atoms with E-state index in [0.717, 1.165) is 24.3 Å². The summed E-state index contributed by atoms with van der Waals surface area (Å²) < 4.78 is 0. The number of nitro groups is 1. The van der Waals surface area contributed by atoms with Gasteiger partial charge in [0, 0.05) is 41.5 Å². The van der Waals surface area contributed by atoms with Crippen molar-refractivity contribution in [1.82, 2.24) is 9.97 Å². The van der Waals surface area contributed by atoms with Crippen molar-refractivity contribution in [2.45, 2.75) is 43.7 Å². The van der Waals surface area contributed by atoms with E-state index in [1.165, 1.54) is 23.9 Å². The Hall–Kier alpha value is -2.94. The molecular weight excluding hydrogens is 392 g/mol. The standard InChI is InChI=1S/C20H20N4O4S/c1-2-10-29-20-22-18-17(19(26)23-20)15(11-6-8-12(9-7-11)24(27)28)16-13(21-18)4-3-5-14(16)25/h6-9,15H,2-5,10H2,1H3,(H2,21,22,23,26)/t15-/m0/s1. The molecule has 2 N–H and O–H groups in total. The van der Waals surface area contributed by atoms with E-state index in [2.05, 4.69) is 22.2 Å². The lowest BCUT2D eigenvalue weighted by molar-refractivity contribution is -0.384. The van der Waals surface area contributed by atoms with Crippen LogP contribution < -0.4 is 10.9 Å². The van der Waals surface area contributed by atoms with Crippen molar-refractivity contribution in [3.63, 3.8) is 0 Å². The molecule has 0 saturated heterocycles. The maximum Gasteiger partial charge on any atom is 0.269 e. The normalized spacial score (nSPS) is 18.1. The largest absolute Gasteiger partial charge is 0.343 e. The van der Waals surface area contributed by atoms with Crippen molar-refractivity contribution in [1.29, 1.82) is 0 Å². The maximum atomic E-state index is 13.0. The van der Waals surface area contributed by atoms with E-state index in [4.69, 9.17) is 0 Å². The zero-order valence-electron chi connectivity index (χ0n) is 15.9. The molecule has 1 atom stereocenters. The van der Waals surface area contributed by atoms with Crippen LogP contribution in [-0.2, 0) is 4.79 Å². The second-order valence-electron chi connectivity index (χ2n) is 7.06. The highest BCUT2D eigenvalue weighted by Gasteiger charge is 2.37. The van der Waals surface area contributed by atoms with Crippen molar-refractivity contribution in [2.24, 2.45) is 0 Å². The Morgan fingerprint density at radius 3 is 2.69 bits per heavy atom. The highest BCUT2D eigenvalue weighted by molar-refractivity contribution is 7.99. The topological polar surface area (TPSA) is 118 Å². The molecule has 8 nitrogen and oxygen atoms in total. The van der Waals surface area contributed by atoms with Gasteiger partial charge in [-0.15, -0.1) is 0 Å². The van der Waals surface area contributed by atoms with Crippen molar-refractivity contribution < 1.29 is 9.72 Å². The van der Waals surface area contributed by atoms with E-state index in [0.29, 0.717) is 40.5 Å². The Kier molecular flexibility index (Phi) is 5.23. The average Bonchev–Trinajstić information content (AvgIpc) is 2.71. The molecule has 0 bridgehead atoms. The molecule has 0 unspecified atom stereocenters. The number of ketones is 1. The molecular formula is C20H20N4O4S. The predicted octanol–water partition coefficient (Wildman–Crippen LogP) is 3.74. The summed E-state index contributed by atoms with van der Waals surface area (Å²) in [4.78, 5) is 43.7. The van der Waals surface area contributed by atoms with Crippen LogP contribution in [0, 0.1) is 10.1 Å². The fraction of sp³-hybridized carbons (Fsp3) is 0.350. The van der Waals surface area contributed by atoms with Crippen LogP contribution in [0.25, 0.3) is 0 Å². The zero-order valence-corrected chi connectivity index (χ0v) is 16.7. The number of fused-ring (bicyclic) bond motifs is 1. The van der Waals surface area contributed by atoms with Gasteiger partial charge < -0.3 is 10.3 Å². The summed E-state index contributed by atoms with van der Waals surface area (Å²) in [5.41, 5.74) is 2.08. The van der Waals surface area contributed by atoms with Crippen molar-refractivity contribution >= 4 is 29.1 Å². The Morgan fingerprint density at radius 1 is 1.24 bits per heavy atom. The lowest BCUT2D eigenvalue weighted by Gasteiger charge is -2.32. The Labute approximate surface area is 171 Å². The number of anilines is 1. The smallest absolute Gasteiger partial charge is 0.269 e. The van der Waals surface area contributed by atoms with E-state index in [1.54, 1.807) is 12.1 Å². The number of nitrogens with zero attached hydrogens (tertiary/aromatic N) is 2. The lowest BCUT2D eigenvalue weighted by atomic mass is 9.76. The van der Waals surface area contributed by atoms with Gasteiger partial charge in [0.25, 0.3) is 11.2 Å². The molecule has 0 fully saturated rings. The summed E-state index contributed by atoms with van der Waals surface area (Å²) in [6.07, 6.45) is 2.83. The zero-order chi connectivity index (χ0) is 20.5. The number of thioether (sulfide) groups is 1. The molecule has 1 aliphatic carbocycles. The van der Waals surface area contributed by atoms with Gasteiger partial charge in [-0.1, -0.05) is 30.8 Å². The molecule has 0 radical (unpaired) electrons. The van der Waals surface area contributed by atoms with Gasteiger partial charge in [0.1, 0.15) is 5.82 Å². The third kappa shape index (κ3) is 3.57. The van der Waals surface area contributed by atoms with E-state index < -0.39 is 10.8 Å². The number of nitro benzene ring substituents is 1. The number of carbonyl (C=O) groups excluding carboxylic acids is 1. The lowest BCUT2D eigenvalue weighted by Crippen LogP contribution is -2.32. The van der Waals surface area contributed by atoms with Gasteiger partial charge in [0.2, 0.25) is 0 Å². The fourth-order valence-corrected chi connectivity index (χ4v) is 4.55. The highest BCUT2D eigenvalue weighted by atomic mass is 32.2. The van der Waals surface area contributed by atoms with Crippen molar-refractivity contribution in [3.05, 3.63) is 67.1 Å². The van der Waals surface area contributed by atoms with Gasteiger partial charge >= 0.3 is 0 Å². The van der Waals surface area contributed by atoms with E-state index in [1.807, 2.05) is 0 Å². The molecule has 0 saturated carbocycles. The van der Waals surface area contributed by atoms with Crippen LogP contribution in [0.15, 0.2) is 45.5 Å². The second kappa shape index (κ2) is 7.82. The molecule has 0 spiro atoms. The van der Waals surface area contributed by atoms with Crippen LogP contribution in [0.1, 0.15) is 49.7 Å². The first-order valence-electron chi connectivity index (χ1n) is 9.54. The third-order valence-electron chi connectivity index (χ3n) is 5.12. The molecule has 150 valence electrons. The van der Waals surface area contributed by atoms with Crippen LogP contribution in [0.3, 0.4) is 0 Å². The van der Waals surface area contributed by atoms with Crippen molar-refractivity contribution in [3.8, 4) is 0 Å². The van der Waals surface area contributed by atoms with Crippen LogP contribution in [0.5, 0.6) is 0 Å². The minimum Gasteiger partial charge on any atom is -0.343 e. The summed E-state index contributed by atoms with van der Waals surface area (Å²) in [5.74, 6) is 0.706.